The molecule has 5 nitrogen and oxygen atoms in total. The normalized spacial score (nSPS) is 11.7. The van der Waals surface area contributed by atoms with E-state index in [0.29, 0.717) is 0 Å². The maximum atomic E-state index is 13.6. The lowest BCUT2D eigenvalue weighted by atomic mass is 10.2. The first-order valence-corrected chi connectivity index (χ1v) is 7.21. The fraction of sp³-hybridized carbons (Fsp3) is 0.133. The van der Waals surface area contributed by atoms with Gasteiger partial charge in [0.15, 0.2) is 11.3 Å². The first-order chi connectivity index (χ1) is 10.9. The van der Waals surface area contributed by atoms with Crippen molar-refractivity contribution in [3.8, 4) is 0 Å². The lowest BCUT2D eigenvalue weighted by Gasteiger charge is -2.14. The molecule has 120 valence electrons. The van der Waals surface area contributed by atoms with E-state index in [2.05, 4.69) is 10.3 Å². The third kappa shape index (κ3) is 4.40. The van der Waals surface area contributed by atoms with E-state index in [0.717, 1.165) is 6.07 Å². The van der Waals surface area contributed by atoms with E-state index in [-0.39, 0.29) is 21.4 Å². The summed E-state index contributed by atoms with van der Waals surface area (Å²) in [7, 11) is 0. The van der Waals surface area contributed by atoms with Gasteiger partial charge in [0.05, 0.1) is 11.3 Å². The number of hydrogen-bond acceptors (Lipinski definition) is 4. The molecule has 0 saturated carbocycles. The number of aromatic nitrogens is 1. The molecule has 1 aromatic carbocycles. The molecule has 0 aliphatic heterocycles. The summed E-state index contributed by atoms with van der Waals surface area (Å²) < 4.78 is 18.6. The van der Waals surface area contributed by atoms with Gasteiger partial charge in [0.25, 0.3) is 5.91 Å². The number of carbonyl (C=O) groups is 2. The van der Waals surface area contributed by atoms with Gasteiger partial charge in [0.1, 0.15) is 5.82 Å². The topological polar surface area (TPSA) is 68.3 Å². The number of ether oxygens (including phenoxy) is 1. The van der Waals surface area contributed by atoms with Gasteiger partial charge >= 0.3 is 5.97 Å². The smallest absolute Gasteiger partial charge is 0.341 e. The summed E-state index contributed by atoms with van der Waals surface area (Å²) in [6, 6.07) is 6.64. The maximum Gasteiger partial charge on any atom is 0.341 e. The van der Waals surface area contributed by atoms with Crippen molar-refractivity contribution in [2.75, 3.05) is 5.32 Å². The van der Waals surface area contributed by atoms with Crippen molar-refractivity contribution in [3.05, 3.63) is 58.1 Å². The maximum absolute atomic E-state index is 13.6. The highest BCUT2D eigenvalue weighted by Crippen LogP contribution is 2.19. The standard InChI is InChI=1S/C15H11Cl2FN2O3/c1-8(14(21)20-12-3-2-6-19-13(12)17)23-15(22)10-5-4-9(16)7-11(10)18/h2-8H,1H3,(H,20,21)/t8-/m0/s1. The summed E-state index contributed by atoms with van der Waals surface area (Å²) in [6.07, 6.45) is 0.305. The van der Waals surface area contributed by atoms with Gasteiger partial charge in [-0.1, -0.05) is 23.2 Å². The average Bonchev–Trinajstić information content (AvgIpc) is 2.49. The molecular formula is C15H11Cl2FN2O3. The van der Waals surface area contributed by atoms with Gasteiger partial charge in [-0.25, -0.2) is 14.2 Å². The Kier molecular flexibility index (Phi) is 5.52. The van der Waals surface area contributed by atoms with Crippen molar-refractivity contribution in [1.29, 1.82) is 0 Å². The molecule has 1 heterocycles. The minimum absolute atomic E-state index is 0.100. The zero-order valence-electron chi connectivity index (χ0n) is 11.8. The third-order valence-electron chi connectivity index (χ3n) is 2.82. The summed E-state index contributed by atoms with van der Waals surface area (Å²) in [5, 5.41) is 2.71. The minimum Gasteiger partial charge on any atom is -0.449 e. The van der Waals surface area contributed by atoms with E-state index in [1.165, 1.54) is 25.3 Å². The van der Waals surface area contributed by atoms with Gasteiger partial charge in [-0.05, 0) is 37.3 Å². The Hall–Kier alpha value is -2.18. The molecule has 0 spiro atoms. The molecule has 0 radical (unpaired) electrons. The van der Waals surface area contributed by atoms with Gasteiger partial charge in [0.2, 0.25) is 0 Å². The lowest BCUT2D eigenvalue weighted by Crippen LogP contribution is -2.30. The van der Waals surface area contributed by atoms with Crippen LogP contribution in [-0.4, -0.2) is 23.0 Å². The summed E-state index contributed by atoms with van der Waals surface area (Å²) in [4.78, 5) is 27.7. The van der Waals surface area contributed by atoms with Crippen LogP contribution in [0.1, 0.15) is 17.3 Å². The Morgan fingerprint density at radius 2 is 2.04 bits per heavy atom. The highest BCUT2D eigenvalue weighted by atomic mass is 35.5. The van der Waals surface area contributed by atoms with Crippen LogP contribution in [0.2, 0.25) is 10.2 Å². The Morgan fingerprint density at radius 3 is 2.70 bits per heavy atom. The van der Waals surface area contributed by atoms with E-state index < -0.39 is 23.8 Å². The monoisotopic (exact) mass is 356 g/mol. The molecule has 0 unspecified atom stereocenters. The number of anilines is 1. The minimum atomic E-state index is -1.16. The molecule has 0 saturated heterocycles. The van der Waals surface area contributed by atoms with Crippen LogP contribution in [0.15, 0.2) is 36.5 Å². The first-order valence-electron chi connectivity index (χ1n) is 6.46. The second kappa shape index (κ2) is 7.39. The average molecular weight is 357 g/mol. The number of rotatable bonds is 4. The molecule has 2 aromatic rings. The summed E-state index contributed by atoms with van der Waals surface area (Å²) in [6.45, 7) is 1.35. The fourth-order valence-electron chi connectivity index (χ4n) is 1.65. The van der Waals surface area contributed by atoms with Crippen molar-refractivity contribution in [1.82, 2.24) is 4.98 Å². The van der Waals surface area contributed by atoms with Crippen LogP contribution in [-0.2, 0) is 9.53 Å². The van der Waals surface area contributed by atoms with E-state index in [1.54, 1.807) is 12.1 Å². The molecule has 8 heteroatoms. The van der Waals surface area contributed by atoms with Crippen LogP contribution in [0.3, 0.4) is 0 Å². The van der Waals surface area contributed by atoms with Crippen molar-refractivity contribution in [3.63, 3.8) is 0 Å². The van der Waals surface area contributed by atoms with Crippen molar-refractivity contribution >= 4 is 40.8 Å². The predicted octanol–water partition coefficient (Wildman–Crippen LogP) is 3.71. The number of nitrogens with one attached hydrogen (secondary N) is 1. The van der Waals surface area contributed by atoms with E-state index in [1.807, 2.05) is 0 Å². The molecule has 23 heavy (non-hydrogen) atoms. The fourth-order valence-corrected chi connectivity index (χ4v) is 1.97. The van der Waals surface area contributed by atoms with Crippen molar-refractivity contribution in [2.24, 2.45) is 0 Å². The third-order valence-corrected chi connectivity index (χ3v) is 3.36. The van der Waals surface area contributed by atoms with Crippen LogP contribution in [0.4, 0.5) is 10.1 Å². The molecule has 0 aliphatic carbocycles. The second-order valence-corrected chi connectivity index (χ2v) is 5.30. The van der Waals surface area contributed by atoms with Gasteiger partial charge in [0, 0.05) is 11.2 Å². The molecule has 0 fully saturated rings. The number of esters is 1. The van der Waals surface area contributed by atoms with Crippen LogP contribution in [0.5, 0.6) is 0 Å². The zero-order chi connectivity index (χ0) is 17.0. The van der Waals surface area contributed by atoms with Crippen LogP contribution in [0, 0.1) is 5.82 Å². The number of pyridine rings is 1. The van der Waals surface area contributed by atoms with Crippen molar-refractivity contribution < 1.29 is 18.7 Å². The second-order valence-electron chi connectivity index (χ2n) is 4.50. The Bertz CT molecular complexity index is 755. The highest BCUT2D eigenvalue weighted by molar-refractivity contribution is 6.32. The van der Waals surface area contributed by atoms with Crippen LogP contribution < -0.4 is 5.32 Å². The van der Waals surface area contributed by atoms with Crippen molar-refractivity contribution in [2.45, 2.75) is 13.0 Å². The Labute approximate surface area is 141 Å². The quantitative estimate of drug-likeness (QED) is 0.669. The SMILES string of the molecule is C[C@H](OC(=O)c1ccc(Cl)cc1F)C(=O)Nc1cccnc1Cl. The number of benzene rings is 1. The molecule has 1 atom stereocenters. The molecule has 2 rings (SSSR count). The zero-order valence-corrected chi connectivity index (χ0v) is 13.4. The molecule has 0 aliphatic rings. The van der Waals surface area contributed by atoms with Crippen LogP contribution >= 0.6 is 23.2 Å². The van der Waals surface area contributed by atoms with Gasteiger partial charge < -0.3 is 10.1 Å². The van der Waals surface area contributed by atoms with Gasteiger partial charge in [-0.3, -0.25) is 4.79 Å². The molecule has 1 aromatic heterocycles. The Morgan fingerprint density at radius 1 is 1.30 bits per heavy atom. The highest BCUT2D eigenvalue weighted by Gasteiger charge is 2.22. The number of amides is 1. The van der Waals surface area contributed by atoms with Crippen LogP contribution in [0.25, 0.3) is 0 Å². The van der Waals surface area contributed by atoms with E-state index in [4.69, 9.17) is 27.9 Å². The molecular weight excluding hydrogens is 346 g/mol. The number of carbonyl (C=O) groups excluding carboxylic acids is 2. The molecule has 0 bridgehead atoms. The first kappa shape index (κ1) is 17.2. The predicted molar refractivity (Wildman–Crippen MR) is 84.2 cm³/mol. The molecule has 1 N–H and O–H groups in total. The van der Waals surface area contributed by atoms with Gasteiger partial charge in [-0.15, -0.1) is 0 Å². The largest absolute Gasteiger partial charge is 0.449 e. The summed E-state index contributed by atoms with van der Waals surface area (Å²) in [5.74, 6) is -2.42. The summed E-state index contributed by atoms with van der Waals surface area (Å²) >= 11 is 11.4. The Balaban J connectivity index is 2.03. The number of nitrogens with zero attached hydrogens (tertiary/aromatic N) is 1. The van der Waals surface area contributed by atoms with E-state index >= 15 is 0 Å². The van der Waals surface area contributed by atoms with E-state index in [9.17, 15) is 14.0 Å². The van der Waals surface area contributed by atoms with Gasteiger partial charge in [-0.2, -0.15) is 0 Å². The molecule has 1 amide bonds. The number of hydrogen-bond donors (Lipinski definition) is 1. The summed E-state index contributed by atoms with van der Waals surface area (Å²) in [5.41, 5.74) is -0.0341. The lowest BCUT2D eigenvalue weighted by molar-refractivity contribution is -0.123. The number of halogens is 3.